The third-order valence-electron chi connectivity index (χ3n) is 2.69. The summed E-state index contributed by atoms with van der Waals surface area (Å²) in [6, 6.07) is 9.13. The van der Waals surface area contributed by atoms with E-state index in [1.165, 1.54) is 26.1 Å². The Labute approximate surface area is 117 Å². The summed E-state index contributed by atoms with van der Waals surface area (Å²) in [5.74, 6) is -1.41. The molecular weight excluding hydrogens is 262 g/mol. The number of aliphatic hydroxyl groups is 1. The Morgan fingerprint density at radius 2 is 1.85 bits per heavy atom. The van der Waals surface area contributed by atoms with Crippen LogP contribution in [0.2, 0.25) is 0 Å². The Hall–Kier alpha value is -1.92. The smallest absolute Gasteiger partial charge is 0.338 e. The fourth-order valence-corrected chi connectivity index (χ4v) is 1.56. The van der Waals surface area contributed by atoms with Gasteiger partial charge in [0.2, 0.25) is 0 Å². The van der Waals surface area contributed by atoms with Crippen LogP contribution >= 0.6 is 0 Å². The number of aliphatic hydroxyl groups excluding tert-OH is 1. The Bertz CT molecular complexity index is 446. The van der Waals surface area contributed by atoms with Crippen molar-refractivity contribution in [2.75, 3.05) is 21.2 Å². The molecule has 1 amide bonds. The van der Waals surface area contributed by atoms with E-state index in [0.717, 1.165) is 5.56 Å². The summed E-state index contributed by atoms with van der Waals surface area (Å²) in [7, 11) is 4.14. The minimum Gasteiger partial charge on any atom is -0.467 e. The number of hydrogen-bond acceptors (Lipinski definition) is 5. The number of benzene rings is 1. The average Bonchev–Trinajstić information content (AvgIpc) is 2.46. The van der Waals surface area contributed by atoms with Crippen LogP contribution in [0.15, 0.2) is 30.3 Å². The van der Waals surface area contributed by atoms with Gasteiger partial charge in [-0.1, -0.05) is 30.3 Å². The molecule has 0 saturated carbocycles. The van der Waals surface area contributed by atoms with Crippen LogP contribution in [0, 0.1) is 0 Å². The zero-order valence-corrected chi connectivity index (χ0v) is 11.8. The van der Waals surface area contributed by atoms with Gasteiger partial charge in [-0.25, -0.2) is 4.79 Å². The van der Waals surface area contributed by atoms with E-state index >= 15 is 0 Å². The maximum atomic E-state index is 11.7. The van der Waals surface area contributed by atoms with Gasteiger partial charge in [0, 0.05) is 14.1 Å². The zero-order valence-electron chi connectivity index (χ0n) is 11.8. The maximum Gasteiger partial charge on any atom is 0.338 e. The first-order chi connectivity index (χ1) is 9.47. The van der Waals surface area contributed by atoms with Gasteiger partial charge < -0.3 is 19.5 Å². The van der Waals surface area contributed by atoms with Crippen molar-refractivity contribution in [2.24, 2.45) is 0 Å². The summed E-state index contributed by atoms with van der Waals surface area (Å²) >= 11 is 0. The molecule has 0 aliphatic rings. The lowest BCUT2D eigenvalue weighted by Crippen LogP contribution is -2.47. The molecular formula is C14H19NO5. The zero-order chi connectivity index (χ0) is 15.1. The second-order valence-electron chi connectivity index (χ2n) is 4.42. The third kappa shape index (κ3) is 4.32. The van der Waals surface area contributed by atoms with E-state index in [0.29, 0.717) is 0 Å². The normalized spacial score (nSPS) is 13.4. The molecule has 1 rings (SSSR count). The fourth-order valence-electron chi connectivity index (χ4n) is 1.56. The Morgan fingerprint density at radius 1 is 1.25 bits per heavy atom. The molecule has 6 heteroatoms. The Kier molecular flexibility index (Phi) is 6.14. The molecule has 0 saturated heterocycles. The van der Waals surface area contributed by atoms with Crippen LogP contribution in [-0.4, -0.2) is 55.3 Å². The molecule has 6 nitrogen and oxygen atoms in total. The van der Waals surface area contributed by atoms with Crippen molar-refractivity contribution in [1.82, 2.24) is 4.90 Å². The van der Waals surface area contributed by atoms with E-state index in [4.69, 9.17) is 4.74 Å². The molecule has 1 aromatic carbocycles. The summed E-state index contributed by atoms with van der Waals surface area (Å²) in [5, 5.41) is 9.91. The molecule has 1 N–H and O–H groups in total. The van der Waals surface area contributed by atoms with Crippen LogP contribution < -0.4 is 0 Å². The van der Waals surface area contributed by atoms with Crippen molar-refractivity contribution in [3.63, 3.8) is 0 Å². The molecule has 2 atom stereocenters. The van der Waals surface area contributed by atoms with E-state index in [2.05, 4.69) is 4.74 Å². The summed E-state index contributed by atoms with van der Waals surface area (Å²) in [6.07, 6.45) is -2.95. The number of amides is 1. The first-order valence-corrected chi connectivity index (χ1v) is 6.10. The second-order valence-corrected chi connectivity index (χ2v) is 4.42. The molecule has 0 heterocycles. The highest BCUT2D eigenvalue weighted by molar-refractivity contribution is 5.88. The standard InChI is InChI=1S/C14H19NO5/c1-15(2)13(17)11(16)12(14(18)19-3)20-9-10-7-5-4-6-8-10/h4-8,11-12,16H,9H2,1-3H3/t11-,12-/m1/s1. The number of rotatable bonds is 6. The molecule has 0 aliphatic heterocycles. The minimum atomic E-state index is -1.60. The largest absolute Gasteiger partial charge is 0.467 e. The van der Waals surface area contributed by atoms with E-state index in [1.807, 2.05) is 30.3 Å². The number of hydrogen-bond donors (Lipinski definition) is 1. The fraction of sp³-hybridized carbons (Fsp3) is 0.429. The van der Waals surface area contributed by atoms with Crippen LogP contribution in [0.1, 0.15) is 5.56 Å². The van der Waals surface area contributed by atoms with Crippen molar-refractivity contribution >= 4 is 11.9 Å². The van der Waals surface area contributed by atoms with Crippen LogP contribution in [-0.2, 0) is 25.7 Å². The highest BCUT2D eigenvalue weighted by Crippen LogP contribution is 2.09. The van der Waals surface area contributed by atoms with Crippen LogP contribution in [0.4, 0.5) is 0 Å². The highest BCUT2D eigenvalue weighted by Gasteiger charge is 2.34. The number of likely N-dealkylation sites (N-methyl/N-ethyl adjacent to an activating group) is 1. The molecule has 0 bridgehead atoms. The van der Waals surface area contributed by atoms with E-state index in [9.17, 15) is 14.7 Å². The number of methoxy groups -OCH3 is 1. The van der Waals surface area contributed by atoms with Gasteiger partial charge in [-0.05, 0) is 5.56 Å². The van der Waals surface area contributed by atoms with Crippen molar-refractivity contribution in [3.05, 3.63) is 35.9 Å². The van der Waals surface area contributed by atoms with Crippen molar-refractivity contribution in [3.8, 4) is 0 Å². The van der Waals surface area contributed by atoms with Crippen molar-refractivity contribution < 1.29 is 24.2 Å². The monoisotopic (exact) mass is 281 g/mol. The lowest BCUT2D eigenvalue weighted by molar-refractivity contribution is -0.170. The predicted octanol–water partition coefficient (Wildman–Crippen LogP) is 0.194. The molecule has 0 spiro atoms. The van der Waals surface area contributed by atoms with Gasteiger partial charge in [0.05, 0.1) is 13.7 Å². The molecule has 20 heavy (non-hydrogen) atoms. The highest BCUT2D eigenvalue weighted by atomic mass is 16.6. The van der Waals surface area contributed by atoms with Crippen LogP contribution in [0.3, 0.4) is 0 Å². The lowest BCUT2D eigenvalue weighted by Gasteiger charge is -2.23. The quantitative estimate of drug-likeness (QED) is 0.754. The summed E-state index contributed by atoms with van der Waals surface area (Å²) in [6.45, 7) is 0.0956. The van der Waals surface area contributed by atoms with Crippen molar-refractivity contribution in [2.45, 2.75) is 18.8 Å². The number of nitrogens with zero attached hydrogens (tertiary/aromatic N) is 1. The minimum absolute atomic E-state index is 0.0956. The third-order valence-corrected chi connectivity index (χ3v) is 2.69. The van der Waals surface area contributed by atoms with Gasteiger partial charge in [0.25, 0.3) is 5.91 Å². The first kappa shape index (κ1) is 16.1. The van der Waals surface area contributed by atoms with Gasteiger partial charge >= 0.3 is 5.97 Å². The van der Waals surface area contributed by atoms with E-state index < -0.39 is 24.1 Å². The van der Waals surface area contributed by atoms with Gasteiger partial charge in [0.15, 0.2) is 12.2 Å². The topological polar surface area (TPSA) is 76.1 Å². The Balaban J connectivity index is 2.75. The second kappa shape index (κ2) is 7.62. The van der Waals surface area contributed by atoms with Crippen LogP contribution in [0.5, 0.6) is 0 Å². The lowest BCUT2D eigenvalue weighted by atomic mass is 10.1. The van der Waals surface area contributed by atoms with Gasteiger partial charge in [-0.15, -0.1) is 0 Å². The number of ether oxygens (including phenoxy) is 2. The predicted molar refractivity (Wildman–Crippen MR) is 71.7 cm³/mol. The molecule has 0 radical (unpaired) electrons. The SMILES string of the molecule is COC(=O)[C@H](OCc1ccccc1)[C@@H](O)C(=O)N(C)C. The Morgan fingerprint density at radius 3 is 2.35 bits per heavy atom. The number of esters is 1. The van der Waals surface area contributed by atoms with Crippen LogP contribution in [0.25, 0.3) is 0 Å². The number of carbonyl (C=O) groups excluding carboxylic acids is 2. The molecule has 0 fully saturated rings. The molecule has 0 aliphatic carbocycles. The molecule has 1 aromatic rings. The van der Waals surface area contributed by atoms with Crippen molar-refractivity contribution in [1.29, 1.82) is 0 Å². The number of carbonyl (C=O) groups is 2. The molecule has 0 aromatic heterocycles. The summed E-state index contributed by atoms with van der Waals surface area (Å²) in [5.41, 5.74) is 0.825. The average molecular weight is 281 g/mol. The molecule has 0 unspecified atom stereocenters. The summed E-state index contributed by atoms with van der Waals surface area (Å²) < 4.78 is 9.90. The van der Waals surface area contributed by atoms with Gasteiger partial charge in [0.1, 0.15) is 0 Å². The van der Waals surface area contributed by atoms with Gasteiger partial charge in [-0.2, -0.15) is 0 Å². The molecule has 110 valence electrons. The summed E-state index contributed by atoms with van der Waals surface area (Å²) in [4.78, 5) is 24.5. The van der Waals surface area contributed by atoms with E-state index in [1.54, 1.807) is 0 Å². The van der Waals surface area contributed by atoms with E-state index in [-0.39, 0.29) is 6.61 Å². The first-order valence-electron chi connectivity index (χ1n) is 6.10. The van der Waals surface area contributed by atoms with Gasteiger partial charge in [-0.3, -0.25) is 4.79 Å². The maximum absolute atomic E-state index is 11.7.